The minimum Gasteiger partial charge on any atom is -0.478 e. The maximum absolute atomic E-state index is 13.1. The maximum atomic E-state index is 13.1. The fraction of sp³-hybridized carbons (Fsp3) is 0.429. The summed E-state index contributed by atoms with van der Waals surface area (Å²) in [5.41, 5.74) is -2.81. The van der Waals surface area contributed by atoms with Crippen LogP contribution in [0, 0.1) is 6.92 Å². The molecule has 0 bridgehead atoms. The van der Waals surface area contributed by atoms with Gasteiger partial charge in [-0.2, -0.15) is 0 Å². The van der Waals surface area contributed by atoms with E-state index in [-0.39, 0.29) is 62.6 Å². The molecular formula is C14H18BF3KNO4. The number of nitrogens with zero attached hydrogens (tertiary/aromatic N) is 1. The quantitative estimate of drug-likeness (QED) is 0.767. The number of rotatable bonds is 3. The Morgan fingerprint density at radius 2 is 1.71 bits per heavy atom. The fourth-order valence-corrected chi connectivity index (χ4v) is 1.96. The molecule has 10 heteroatoms. The van der Waals surface area contributed by atoms with Crippen molar-refractivity contribution in [1.29, 1.82) is 0 Å². The molecule has 0 saturated heterocycles. The number of benzene rings is 1. The predicted octanol–water partition coefficient (Wildman–Crippen LogP) is 0.123. The van der Waals surface area contributed by atoms with Crippen LogP contribution >= 0.6 is 0 Å². The van der Waals surface area contributed by atoms with E-state index in [2.05, 4.69) is 0 Å². The summed E-state index contributed by atoms with van der Waals surface area (Å²) in [6.45, 7) is 0.610. The molecule has 1 aromatic carbocycles. The first-order valence-corrected chi connectivity index (χ1v) is 6.78. The van der Waals surface area contributed by atoms with Crippen molar-refractivity contribution in [2.45, 2.75) is 33.3 Å². The molecule has 1 amide bonds. The Kier molecular flexibility index (Phi) is 8.03. The number of carboxylic acids is 1. The third-order valence-corrected chi connectivity index (χ3v) is 3.05. The minimum absolute atomic E-state index is 0. The average Bonchev–Trinajstić information content (AvgIpc) is 2.34. The summed E-state index contributed by atoms with van der Waals surface area (Å²) in [7, 11) is 1.23. The number of hydrogen-bond acceptors (Lipinski definition) is 3. The van der Waals surface area contributed by atoms with Gasteiger partial charge in [0.15, 0.2) is 0 Å². The largest absolute Gasteiger partial charge is 1.00 e. The Bertz CT molecular complexity index is 644. The first-order valence-electron chi connectivity index (χ1n) is 6.78. The van der Waals surface area contributed by atoms with Gasteiger partial charge in [0.05, 0.1) is 5.56 Å². The molecule has 0 fully saturated rings. The standard InChI is InChI=1S/C14H18BF3NO4.K/c1-8-10(15(16,17)18)6-9(12(20)21)7-11(8)19(5)13(22)23-14(2,3)4;/h6-7H,1-5H3,(H,20,21);/q-1;+1. The molecule has 5 nitrogen and oxygen atoms in total. The van der Waals surface area contributed by atoms with E-state index in [1.807, 2.05) is 0 Å². The zero-order valence-electron chi connectivity index (χ0n) is 14.5. The van der Waals surface area contributed by atoms with Crippen molar-refractivity contribution in [3.05, 3.63) is 23.3 Å². The van der Waals surface area contributed by atoms with E-state index in [4.69, 9.17) is 9.84 Å². The average molecular weight is 371 g/mol. The number of amides is 1. The van der Waals surface area contributed by atoms with Crippen molar-refractivity contribution in [3.63, 3.8) is 0 Å². The summed E-state index contributed by atoms with van der Waals surface area (Å²) in [6, 6.07) is 1.59. The fourth-order valence-electron chi connectivity index (χ4n) is 1.96. The molecule has 0 radical (unpaired) electrons. The van der Waals surface area contributed by atoms with Crippen LogP contribution in [0.3, 0.4) is 0 Å². The monoisotopic (exact) mass is 371 g/mol. The van der Waals surface area contributed by atoms with E-state index < -0.39 is 35.7 Å². The summed E-state index contributed by atoms with van der Waals surface area (Å²) < 4.78 is 44.5. The second kappa shape index (κ2) is 8.22. The molecular weight excluding hydrogens is 353 g/mol. The molecule has 1 rings (SSSR count). The summed E-state index contributed by atoms with van der Waals surface area (Å²) in [5.74, 6) is -1.51. The first-order chi connectivity index (χ1) is 10.2. The van der Waals surface area contributed by atoms with Gasteiger partial charge in [-0.25, -0.2) is 9.59 Å². The third-order valence-electron chi connectivity index (χ3n) is 3.05. The molecule has 0 aliphatic rings. The Labute approximate surface area is 181 Å². The second-order valence-electron chi connectivity index (χ2n) is 6.13. The van der Waals surface area contributed by atoms with Crippen molar-refractivity contribution in [1.82, 2.24) is 0 Å². The summed E-state index contributed by atoms with van der Waals surface area (Å²) in [4.78, 5) is 24.0. The molecule has 0 saturated carbocycles. The van der Waals surface area contributed by atoms with E-state index in [1.165, 1.54) is 14.0 Å². The van der Waals surface area contributed by atoms with Gasteiger partial charge in [-0.1, -0.05) is 11.6 Å². The predicted molar refractivity (Wildman–Crippen MR) is 81.5 cm³/mol. The SMILES string of the molecule is Cc1c(N(C)C(=O)OC(C)(C)C)cc(C(=O)O)cc1[B-](F)(F)F.[K+]. The number of ether oxygens (including phenoxy) is 1. The molecule has 0 aliphatic heterocycles. The van der Waals surface area contributed by atoms with Gasteiger partial charge >= 0.3 is 70.4 Å². The number of halogens is 3. The normalized spacial score (nSPS) is 11.5. The van der Waals surface area contributed by atoms with Gasteiger partial charge in [0, 0.05) is 12.7 Å². The van der Waals surface area contributed by atoms with E-state index >= 15 is 0 Å². The van der Waals surface area contributed by atoms with Crippen molar-refractivity contribution in [2.75, 3.05) is 11.9 Å². The molecule has 24 heavy (non-hydrogen) atoms. The number of carboxylic acid groups (broad SMARTS) is 1. The van der Waals surface area contributed by atoms with Crippen LogP contribution in [0.1, 0.15) is 36.7 Å². The van der Waals surface area contributed by atoms with Crippen molar-refractivity contribution >= 4 is 30.2 Å². The van der Waals surface area contributed by atoms with Crippen LogP contribution in [0.15, 0.2) is 12.1 Å². The van der Waals surface area contributed by atoms with Gasteiger partial charge in [0.25, 0.3) is 0 Å². The van der Waals surface area contributed by atoms with Gasteiger partial charge in [-0.15, -0.1) is 5.46 Å². The van der Waals surface area contributed by atoms with E-state index in [0.717, 1.165) is 11.0 Å². The van der Waals surface area contributed by atoms with Crippen molar-refractivity contribution in [3.8, 4) is 0 Å². The van der Waals surface area contributed by atoms with Crippen LogP contribution in [-0.4, -0.2) is 36.8 Å². The molecule has 0 spiro atoms. The Hall–Kier alpha value is -0.549. The Balaban J connectivity index is 0.00000529. The van der Waals surface area contributed by atoms with Gasteiger partial charge in [-0.05, 0) is 33.8 Å². The summed E-state index contributed by atoms with van der Waals surface area (Å²) in [5, 5.41) is 9.00. The van der Waals surface area contributed by atoms with E-state index in [9.17, 15) is 22.5 Å². The van der Waals surface area contributed by atoms with E-state index in [1.54, 1.807) is 20.8 Å². The Morgan fingerprint density at radius 1 is 1.21 bits per heavy atom. The van der Waals surface area contributed by atoms with Gasteiger partial charge in [0.2, 0.25) is 0 Å². The smallest absolute Gasteiger partial charge is 0.478 e. The van der Waals surface area contributed by atoms with Crippen LogP contribution in [0.4, 0.5) is 23.4 Å². The molecule has 1 N–H and O–H groups in total. The molecule has 0 aliphatic carbocycles. The molecule has 0 heterocycles. The minimum atomic E-state index is -5.42. The Morgan fingerprint density at radius 3 is 2.08 bits per heavy atom. The molecule has 1 aromatic rings. The maximum Gasteiger partial charge on any atom is 1.00 e. The molecule has 0 atom stereocenters. The number of carbonyl (C=O) groups excluding carboxylic acids is 1. The van der Waals surface area contributed by atoms with Gasteiger partial charge < -0.3 is 22.8 Å². The number of hydrogen-bond donors (Lipinski definition) is 1. The first kappa shape index (κ1) is 23.5. The molecule has 0 unspecified atom stereocenters. The van der Waals surface area contributed by atoms with Crippen LogP contribution in [0.5, 0.6) is 0 Å². The number of aromatic carboxylic acids is 1. The van der Waals surface area contributed by atoms with Crippen molar-refractivity contribution in [2.24, 2.45) is 0 Å². The molecule has 128 valence electrons. The summed E-state index contributed by atoms with van der Waals surface area (Å²) in [6.07, 6.45) is -0.872. The van der Waals surface area contributed by atoms with Gasteiger partial charge in [-0.3, -0.25) is 4.90 Å². The van der Waals surface area contributed by atoms with Crippen LogP contribution in [-0.2, 0) is 4.74 Å². The van der Waals surface area contributed by atoms with E-state index in [0.29, 0.717) is 6.07 Å². The molecule has 0 aromatic heterocycles. The van der Waals surface area contributed by atoms with Crippen molar-refractivity contribution < 1.29 is 83.8 Å². The van der Waals surface area contributed by atoms with Gasteiger partial charge in [0.1, 0.15) is 5.60 Å². The van der Waals surface area contributed by atoms with Crippen LogP contribution in [0.2, 0.25) is 0 Å². The third kappa shape index (κ3) is 6.07. The second-order valence-corrected chi connectivity index (χ2v) is 6.13. The topological polar surface area (TPSA) is 66.8 Å². The van der Waals surface area contributed by atoms with Crippen LogP contribution < -0.4 is 61.7 Å². The number of carbonyl (C=O) groups is 2. The summed E-state index contributed by atoms with van der Waals surface area (Å²) >= 11 is 0. The number of anilines is 1. The van der Waals surface area contributed by atoms with Crippen LogP contribution in [0.25, 0.3) is 0 Å². The zero-order chi connectivity index (χ0) is 18.2. The zero-order valence-corrected chi connectivity index (χ0v) is 17.6.